The number of nitro groups is 1. The normalized spacial score (nSPS) is 10.9. The van der Waals surface area contributed by atoms with Gasteiger partial charge in [-0.2, -0.15) is 4.98 Å². The van der Waals surface area contributed by atoms with Crippen molar-refractivity contribution in [2.45, 2.75) is 0 Å². The first kappa shape index (κ1) is 10.4. The van der Waals surface area contributed by atoms with Crippen molar-refractivity contribution in [1.29, 1.82) is 0 Å². The fourth-order valence-electron chi connectivity index (χ4n) is 1.32. The lowest BCUT2D eigenvalue weighted by Crippen LogP contribution is -2.19. The number of nitrogens with zero attached hydrogens (tertiary/aromatic N) is 3. The Kier molecular flexibility index (Phi) is 2.45. The highest BCUT2D eigenvalue weighted by atomic mass is 16.6. The molecule has 84 valence electrons. The van der Waals surface area contributed by atoms with Crippen molar-refractivity contribution >= 4 is 22.8 Å². The predicted molar refractivity (Wildman–Crippen MR) is 58.0 cm³/mol. The van der Waals surface area contributed by atoms with Crippen LogP contribution in [0.5, 0.6) is 0 Å². The van der Waals surface area contributed by atoms with Gasteiger partial charge in [-0.15, -0.1) is 0 Å². The molecule has 0 spiro atoms. The van der Waals surface area contributed by atoms with E-state index in [0.717, 1.165) is 0 Å². The van der Waals surface area contributed by atoms with Crippen LogP contribution < -0.4 is 5.43 Å². The molecule has 16 heavy (non-hydrogen) atoms. The van der Waals surface area contributed by atoms with Gasteiger partial charge in [0.05, 0.1) is 4.92 Å². The van der Waals surface area contributed by atoms with Gasteiger partial charge in [-0.05, 0) is 6.07 Å². The molecule has 1 aromatic carbocycles. The Labute approximate surface area is 90.8 Å². The lowest BCUT2D eigenvalue weighted by atomic mass is 10.3. The Balaban J connectivity index is 2.52. The second-order valence-corrected chi connectivity index (χ2v) is 3.41. The second-order valence-electron chi connectivity index (χ2n) is 3.41. The molecule has 0 amide bonds. The number of nitro benzene ring substituents is 1. The summed E-state index contributed by atoms with van der Waals surface area (Å²) in [5, 5.41) is 12.4. The number of rotatable bonds is 3. The predicted octanol–water partition coefficient (Wildman–Crippen LogP) is 1.62. The fourth-order valence-corrected chi connectivity index (χ4v) is 1.32. The van der Waals surface area contributed by atoms with Crippen LogP contribution in [-0.2, 0) is 0 Å². The van der Waals surface area contributed by atoms with Crippen molar-refractivity contribution in [2.24, 2.45) is 0 Å². The lowest BCUT2D eigenvalue weighted by molar-refractivity contribution is -0.383. The van der Waals surface area contributed by atoms with Crippen molar-refractivity contribution in [1.82, 2.24) is 9.99 Å². The van der Waals surface area contributed by atoms with Crippen molar-refractivity contribution in [3.05, 3.63) is 28.3 Å². The molecular weight excluding hydrogens is 212 g/mol. The number of non-ortho nitro benzene ring substituents is 1. The first-order chi connectivity index (χ1) is 7.58. The van der Waals surface area contributed by atoms with Crippen molar-refractivity contribution < 1.29 is 9.34 Å². The number of anilines is 1. The molecule has 2 aromatic rings. The molecule has 0 saturated carbocycles. The van der Waals surface area contributed by atoms with Gasteiger partial charge < -0.3 is 4.42 Å². The smallest absolute Gasteiger partial charge is 0.310 e. The summed E-state index contributed by atoms with van der Waals surface area (Å²) in [6.07, 6.45) is 0. The monoisotopic (exact) mass is 222 g/mol. The first-order valence-electron chi connectivity index (χ1n) is 4.56. The Morgan fingerprint density at radius 1 is 1.50 bits per heavy atom. The van der Waals surface area contributed by atoms with Crippen LogP contribution in [0.15, 0.2) is 22.6 Å². The average Bonchev–Trinajstić information content (AvgIpc) is 2.57. The van der Waals surface area contributed by atoms with E-state index in [1.165, 1.54) is 6.07 Å². The van der Waals surface area contributed by atoms with Crippen LogP contribution in [0.1, 0.15) is 0 Å². The average molecular weight is 222 g/mol. The molecule has 0 aliphatic heterocycles. The topological polar surface area (TPSA) is 84.4 Å². The molecule has 0 fully saturated rings. The molecule has 0 bridgehead atoms. The molecule has 1 N–H and O–H groups in total. The largest absolute Gasteiger partial charge is 0.422 e. The number of para-hydroxylation sites is 1. The molecule has 0 saturated heterocycles. The summed E-state index contributed by atoms with van der Waals surface area (Å²) in [4.78, 5) is 14.3. The summed E-state index contributed by atoms with van der Waals surface area (Å²) in [7, 11) is 3.53. The van der Waals surface area contributed by atoms with E-state index < -0.39 is 4.92 Å². The van der Waals surface area contributed by atoms with Crippen LogP contribution >= 0.6 is 0 Å². The molecule has 2 rings (SSSR count). The quantitative estimate of drug-likeness (QED) is 0.627. The zero-order chi connectivity index (χ0) is 11.7. The van der Waals surface area contributed by atoms with Gasteiger partial charge in [0.15, 0.2) is 11.1 Å². The molecule has 0 unspecified atom stereocenters. The summed E-state index contributed by atoms with van der Waals surface area (Å²) in [6.45, 7) is 0. The van der Waals surface area contributed by atoms with Crippen molar-refractivity contribution in [3.63, 3.8) is 0 Å². The van der Waals surface area contributed by atoms with Crippen LogP contribution in [0, 0.1) is 10.1 Å². The van der Waals surface area contributed by atoms with Gasteiger partial charge in [0, 0.05) is 20.2 Å². The number of hydrogen-bond donors (Lipinski definition) is 1. The van der Waals surface area contributed by atoms with E-state index in [9.17, 15) is 10.1 Å². The second kappa shape index (κ2) is 3.78. The SMILES string of the molecule is CN(C)Nc1nc2c([N+](=O)[O-])cccc2o1. The lowest BCUT2D eigenvalue weighted by Gasteiger charge is -2.07. The summed E-state index contributed by atoms with van der Waals surface area (Å²) >= 11 is 0. The van der Waals surface area contributed by atoms with Crippen molar-refractivity contribution in [2.75, 3.05) is 19.5 Å². The Morgan fingerprint density at radius 3 is 2.88 bits per heavy atom. The zero-order valence-electron chi connectivity index (χ0n) is 8.80. The number of benzene rings is 1. The highest BCUT2D eigenvalue weighted by molar-refractivity contribution is 5.83. The van der Waals surface area contributed by atoms with E-state index in [-0.39, 0.29) is 17.2 Å². The van der Waals surface area contributed by atoms with E-state index in [2.05, 4.69) is 10.4 Å². The summed E-state index contributed by atoms with van der Waals surface area (Å²) in [5.41, 5.74) is 3.37. The minimum atomic E-state index is -0.482. The van der Waals surface area contributed by atoms with Gasteiger partial charge in [0.2, 0.25) is 0 Å². The number of fused-ring (bicyclic) bond motifs is 1. The standard InChI is InChI=1S/C9H10N4O3/c1-12(2)11-9-10-8-6(13(14)15)4-3-5-7(8)16-9/h3-5H,1-2H3,(H,10,11). The number of hydrazine groups is 1. The number of hydrogen-bond acceptors (Lipinski definition) is 6. The van der Waals surface area contributed by atoms with Crippen LogP contribution in [0.4, 0.5) is 11.7 Å². The number of aromatic nitrogens is 1. The molecule has 0 atom stereocenters. The Bertz CT molecular complexity index is 535. The molecule has 7 heteroatoms. The Hall–Kier alpha value is -2.15. The maximum Gasteiger partial charge on any atom is 0.310 e. The van der Waals surface area contributed by atoms with Gasteiger partial charge in [-0.1, -0.05) is 6.07 Å². The van der Waals surface area contributed by atoms with Crippen molar-refractivity contribution in [3.8, 4) is 0 Å². The van der Waals surface area contributed by atoms with E-state index in [0.29, 0.717) is 5.58 Å². The minimum Gasteiger partial charge on any atom is -0.422 e. The maximum absolute atomic E-state index is 10.7. The van der Waals surface area contributed by atoms with E-state index >= 15 is 0 Å². The first-order valence-corrected chi connectivity index (χ1v) is 4.56. The maximum atomic E-state index is 10.7. The molecule has 1 heterocycles. The summed E-state index contributed by atoms with van der Waals surface area (Å²) < 4.78 is 5.30. The fraction of sp³-hybridized carbons (Fsp3) is 0.222. The van der Waals surface area contributed by atoms with Gasteiger partial charge in [0.25, 0.3) is 5.69 Å². The highest BCUT2D eigenvalue weighted by Gasteiger charge is 2.17. The highest BCUT2D eigenvalue weighted by Crippen LogP contribution is 2.27. The van der Waals surface area contributed by atoms with Crippen LogP contribution in [0.25, 0.3) is 11.1 Å². The van der Waals surface area contributed by atoms with Crippen LogP contribution in [0.3, 0.4) is 0 Å². The Morgan fingerprint density at radius 2 is 2.25 bits per heavy atom. The third-order valence-corrected chi connectivity index (χ3v) is 1.91. The van der Waals surface area contributed by atoms with E-state index in [1.807, 2.05) is 0 Å². The third-order valence-electron chi connectivity index (χ3n) is 1.91. The van der Waals surface area contributed by atoms with Gasteiger partial charge in [-0.3, -0.25) is 15.5 Å². The molecule has 0 radical (unpaired) electrons. The molecule has 1 aromatic heterocycles. The molecule has 0 aliphatic carbocycles. The number of oxazole rings is 1. The number of nitrogens with one attached hydrogen (secondary N) is 1. The third kappa shape index (κ3) is 1.80. The summed E-state index contributed by atoms with van der Waals surface area (Å²) in [6, 6.07) is 4.82. The molecule has 7 nitrogen and oxygen atoms in total. The van der Waals surface area contributed by atoms with Gasteiger partial charge in [-0.25, -0.2) is 5.01 Å². The van der Waals surface area contributed by atoms with Crippen LogP contribution in [-0.4, -0.2) is 29.0 Å². The van der Waals surface area contributed by atoms with Crippen LogP contribution in [0.2, 0.25) is 0 Å². The van der Waals surface area contributed by atoms with Gasteiger partial charge >= 0.3 is 6.01 Å². The summed E-state index contributed by atoms with van der Waals surface area (Å²) in [5.74, 6) is 0. The van der Waals surface area contributed by atoms with Gasteiger partial charge in [0.1, 0.15) is 0 Å². The zero-order valence-corrected chi connectivity index (χ0v) is 8.80. The van der Waals surface area contributed by atoms with E-state index in [1.54, 1.807) is 31.2 Å². The minimum absolute atomic E-state index is 0.0620. The molecular formula is C9H10N4O3. The van der Waals surface area contributed by atoms with E-state index in [4.69, 9.17) is 4.42 Å². The molecule has 0 aliphatic rings.